The normalized spacial score (nSPS) is 14.1. The number of hydrogen-bond donors (Lipinski definition) is 3. The van der Waals surface area contributed by atoms with Crippen molar-refractivity contribution in [2.45, 2.75) is 387 Å². The van der Waals surface area contributed by atoms with Gasteiger partial charge < -0.3 is 33.8 Å². The van der Waals surface area contributed by atoms with Gasteiger partial charge in [-0.25, -0.2) is 9.13 Å². The van der Waals surface area contributed by atoms with E-state index in [0.717, 1.165) is 102 Å². The Morgan fingerprint density at radius 1 is 0.297 bits per heavy atom. The van der Waals surface area contributed by atoms with E-state index < -0.39 is 97.5 Å². The molecule has 19 heteroatoms. The lowest BCUT2D eigenvalue weighted by Crippen LogP contribution is -2.30. The Morgan fingerprint density at radius 2 is 0.505 bits per heavy atom. The minimum atomic E-state index is -4.95. The largest absolute Gasteiger partial charge is 0.472 e. The highest BCUT2D eigenvalue weighted by Gasteiger charge is 2.30. The molecule has 0 aliphatic heterocycles. The molecule has 17 nitrogen and oxygen atoms in total. The van der Waals surface area contributed by atoms with Crippen LogP contribution in [0.2, 0.25) is 0 Å². The van der Waals surface area contributed by atoms with Crippen molar-refractivity contribution in [2.24, 2.45) is 11.8 Å². The highest BCUT2D eigenvalue weighted by molar-refractivity contribution is 7.47. The molecule has 0 saturated carbocycles. The van der Waals surface area contributed by atoms with Crippen LogP contribution in [-0.4, -0.2) is 96.7 Å². The molecule has 0 aliphatic carbocycles. The third-order valence-corrected chi connectivity index (χ3v) is 18.6. The average molecular weight is 1340 g/mol. The summed E-state index contributed by atoms with van der Waals surface area (Å²) >= 11 is 0. The van der Waals surface area contributed by atoms with E-state index in [1.165, 1.54) is 180 Å². The van der Waals surface area contributed by atoms with Gasteiger partial charge in [0.05, 0.1) is 26.4 Å². The highest BCUT2D eigenvalue weighted by Crippen LogP contribution is 2.45. The summed E-state index contributed by atoms with van der Waals surface area (Å²) in [6.07, 6.45) is 49.9. The highest BCUT2D eigenvalue weighted by atomic mass is 31.2. The molecule has 0 aromatic heterocycles. The molecule has 0 radical (unpaired) electrons. The molecular formula is C72H140O17P2. The van der Waals surface area contributed by atoms with Gasteiger partial charge in [-0.3, -0.25) is 37.3 Å². The predicted molar refractivity (Wildman–Crippen MR) is 368 cm³/mol. The van der Waals surface area contributed by atoms with Crippen LogP contribution in [0.1, 0.15) is 369 Å². The second-order valence-electron chi connectivity index (χ2n) is 26.9. The minimum absolute atomic E-state index is 0.107. The van der Waals surface area contributed by atoms with Crippen LogP contribution in [0.15, 0.2) is 0 Å². The topological polar surface area (TPSA) is 237 Å². The molecule has 0 amide bonds. The Hall–Kier alpha value is -1.94. The maximum Gasteiger partial charge on any atom is 0.472 e. The molecule has 0 fully saturated rings. The van der Waals surface area contributed by atoms with E-state index in [2.05, 4.69) is 41.5 Å². The molecule has 91 heavy (non-hydrogen) atoms. The molecule has 3 N–H and O–H groups in total. The zero-order valence-electron chi connectivity index (χ0n) is 59.1. The van der Waals surface area contributed by atoms with Crippen LogP contribution in [0.4, 0.5) is 0 Å². The molecule has 0 bridgehead atoms. The molecule has 2 unspecified atom stereocenters. The first-order valence-electron chi connectivity index (χ1n) is 37.5. The monoisotopic (exact) mass is 1340 g/mol. The van der Waals surface area contributed by atoms with Gasteiger partial charge in [-0.1, -0.05) is 318 Å². The zero-order valence-corrected chi connectivity index (χ0v) is 60.9. The van der Waals surface area contributed by atoms with Gasteiger partial charge in [-0.05, 0) is 37.5 Å². The van der Waals surface area contributed by atoms with Gasteiger partial charge in [0.1, 0.15) is 19.3 Å². The number of esters is 4. The van der Waals surface area contributed by atoms with Crippen molar-refractivity contribution in [1.29, 1.82) is 0 Å². The minimum Gasteiger partial charge on any atom is -0.462 e. The summed E-state index contributed by atoms with van der Waals surface area (Å²) in [7, 11) is -9.90. The summed E-state index contributed by atoms with van der Waals surface area (Å²) in [5.41, 5.74) is 0. The van der Waals surface area contributed by atoms with Crippen LogP contribution >= 0.6 is 15.6 Å². The lowest BCUT2D eigenvalue weighted by atomic mass is 10.0. The van der Waals surface area contributed by atoms with Crippen molar-refractivity contribution in [3.63, 3.8) is 0 Å². The summed E-state index contributed by atoms with van der Waals surface area (Å²) < 4.78 is 68.4. The SMILES string of the molecule is CCCCCCCCCCCCCCCCC(=O)OC[C@H](COP(=O)(O)OC[C@@H](O)COP(=O)(O)OC[C@@H](COC(=O)CCCCCCCCCC(C)C)OC(=O)CCCCCCCCCCCCCCC)OC(=O)CCCCCCCCCCCCCC(C)C. The Labute approximate surface area is 556 Å². The smallest absolute Gasteiger partial charge is 0.462 e. The molecule has 5 atom stereocenters. The predicted octanol–water partition coefficient (Wildman–Crippen LogP) is 20.8. The number of aliphatic hydroxyl groups is 1. The molecule has 0 heterocycles. The van der Waals surface area contributed by atoms with Crippen LogP contribution < -0.4 is 0 Å². The van der Waals surface area contributed by atoms with Gasteiger partial charge in [0, 0.05) is 25.7 Å². The zero-order chi connectivity index (χ0) is 67.2. The number of hydrogen-bond acceptors (Lipinski definition) is 15. The van der Waals surface area contributed by atoms with Crippen molar-refractivity contribution in [1.82, 2.24) is 0 Å². The maximum absolute atomic E-state index is 13.0. The fourth-order valence-electron chi connectivity index (χ4n) is 10.9. The summed E-state index contributed by atoms with van der Waals surface area (Å²) in [6, 6.07) is 0. The number of phosphoric ester groups is 2. The molecule has 0 spiro atoms. The van der Waals surface area contributed by atoms with Gasteiger partial charge in [-0.15, -0.1) is 0 Å². The molecule has 0 rings (SSSR count). The van der Waals surface area contributed by atoms with Crippen molar-refractivity contribution in [3.05, 3.63) is 0 Å². The van der Waals surface area contributed by atoms with Gasteiger partial charge in [-0.2, -0.15) is 0 Å². The molecule has 0 aromatic carbocycles. The summed E-state index contributed by atoms with van der Waals surface area (Å²) in [4.78, 5) is 72.6. The number of ether oxygens (including phenoxy) is 4. The van der Waals surface area contributed by atoms with E-state index in [0.29, 0.717) is 31.6 Å². The van der Waals surface area contributed by atoms with E-state index >= 15 is 0 Å². The molecule has 0 aromatic rings. The summed E-state index contributed by atoms with van der Waals surface area (Å²) in [5.74, 6) is -0.649. The van der Waals surface area contributed by atoms with Crippen LogP contribution in [0.25, 0.3) is 0 Å². The summed E-state index contributed by atoms with van der Waals surface area (Å²) in [5, 5.41) is 10.6. The third kappa shape index (κ3) is 66.5. The molecule has 540 valence electrons. The Kier molecular flexibility index (Phi) is 62.7. The molecule has 0 aliphatic rings. The second-order valence-corrected chi connectivity index (χ2v) is 29.8. The fourth-order valence-corrected chi connectivity index (χ4v) is 12.5. The van der Waals surface area contributed by atoms with Crippen LogP contribution in [0.5, 0.6) is 0 Å². The number of phosphoric acid groups is 2. The van der Waals surface area contributed by atoms with Crippen LogP contribution in [0, 0.1) is 11.8 Å². The van der Waals surface area contributed by atoms with E-state index in [4.69, 9.17) is 37.0 Å². The van der Waals surface area contributed by atoms with Gasteiger partial charge in [0.25, 0.3) is 0 Å². The lowest BCUT2D eigenvalue weighted by molar-refractivity contribution is -0.161. The first kappa shape index (κ1) is 89.1. The maximum atomic E-state index is 13.0. The van der Waals surface area contributed by atoms with E-state index in [9.17, 15) is 43.2 Å². The van der Waals surface area contributed by atoms with E-state index in [-0.39, 0.29) is 25.7 Å². The van der Waals surface area contributed by atoms with Crippen LogP contribution in [-0.2, 0) is 65.4 Å². The van der Waals surface area contributed by atoms with Crippen molar-refractivity contribution in [3.8, 4) is 0 Å². The van der Waals surface area contributed by atoms with Crippen molar-refractivity contribution in [2.75, 3.05) is 39.6 Å². The number of aliphatic hydroxyl groups excluding tert-OH is 1. The average Bonchev–Trinajstić information content (AvgIpc) is 3.73. The standard InChI is InChI=1S/C72H140O17P2/c1-7-9-11-13-15-17-19-21-23-26-30-36-42-48-54-69(74)82-60-67(88-72(77)57-51-45-38-32-28-24-25-29-34-40-46-52-64(3)4)62-86-90(78,79)84-58-66(73)59-85-91(80,81)87-63-68(61-83-70(75)55-49-43-39-33-35-41-47-53-65(5)6)89-71(76)56-50-44-37-31-27-22-20-18-16-14-12-10-8-2/h64-68,73H,7-63H2,1-6H3,(H,78,79)(H,80,81)/t66-,67-,68-/m1/s1. The second kappa shape index (κ2) is 64.1. The Bertz CT molecular complexity index is 1770. The number of carbonyl (C=O) groups excluding carboxylic acids is 4. The number of rotatable bonds is 71. The van der Waals surface area contributed by atoms with Gasteiger partial charge in [0.15, 0.2) is 12.2 Å². The Morgan fingerprint density at radius 3 is 0.747 bits per heavy atom. The van der Waals surface area contributed by atoms with Crippen LogP contribution in [0.3, 0.4) is 0 Å². The summed E-state index contributed by atoms with van der Waals surface area (Å²) in [6.45, 7) is 9.52. The van der Waals surface area contributed by atoms with E-state index in [1.54, 1.807) is 0 Å². The van der Waals surface area contributed by atoms with Gasteiger partial charge >= 0.3 is 39.5 Å². The van der Waals surface area contributed by atoms with Crippen molar-refractivity contribution >= 4 is 39.5 Å². The van der Waals surface area contributed by atoms with Gasteiger partial charge in [0.2, 0.25) is 0 Å². The van der Waals surface area contributed by atoms with Crippen molar-refractivity contribution < 1.29 is 80.2 Å². The third-order valence-electron chi connectivity index (χ3n) is 16.7. The first-order chi connectivity index (χ1) is 43.9. The molecular weight excluding hydrogens is 1200 g/mol. The fraction of sp³-hybridized carbons (Fsp3) is 0.944. The lowest BCUT2D eigenvalue weighted by Gasteiger charge is -2.21. The number of carbonyl (C=O) groups is 4. The number of unbranched alkanes of at least 4 members (excludes halogenated alkanes) is 41. The quantitative estimate of drug-likeness (QED) is 0.0222. The first-order valence-corrected chi connectivity index (χ1v) is 40.5. The van der Waals surface area contributed by atoms with E-state index in [1.807, 2.05) is 0 Å². The Balaban J connectivity index is 5.25. The molecule has 0 saturated heterocycles.